The zero-order valence-corrected chi connectivity index (χ0v) is 23.8. The highest BCUT2D eigenvalue weighted by Crippen LogP contribution is 2.48. The van der Waals surface area contributed by atoms with Crippen LogP contribution >= 0.6 is 0 Å². The van der Waals surface area contributed by atoms with Gasteiger partial charge in [-0.15, -0.1) is 0 Å². The van der Waals surface area contributed by atoms with Crippen LogP contribution in [-0.4, -0.2) is 38.1 Å². The molecule has 0 saturated heterocycles. The van der Waals surface area contributed by atoms with Gasteiger partial charge in [-0.1, -0.05) is 60.2 Å². The summed E-state index contributed by atoms with van der Waals surface area (Å²) in [5, 5.41) is 10.2. The van der Waals surface area contributed by atoms with Gasteiger partial charge < -0.3 is 10.4 Å². The molecule has 11 heteroatoms. The number of amides is 1. The minimum Gasteiger partial charge on any atom is -0.475 e. The van der Waals surface area contributed by atoms with Crippen molar-refractivity contribution < 1.29 is 36.3 Å². The number of carbonyl (C=O) groups is 2. The second-order valence-corrected chi connectivity index (χ2v) is 11.8. The predicted molar refractivity (Wildman–Crippen MR) is 150 cm³/mol. The maximum Gasteiger partial charge on any atom is 0.490 e. The molecule has 220 valence electrons. The summed E-state index contributed by atoms with van der Waals surface area (Å²) < 4.78 is 60.5. The van der Waals surface area contributed by atoms with Crippen molar-refractivity contribution in [1.82, 2.24) is 5.32 Å². The molecule has 7 nitrogen and oxygen atoms in total. The lowest BCUT2D eigenvalue weighted by molar-refractivity contribution is -0.192. The van der Waals surface area contributed by atoms with E-state index in [1.165, 1.54) is 5.56 Å². The highest BCUT2D eigenvalue weighted by atomic mass is 32.2. The van der Waals surface area contributed by atoms with Crippen molar-refractivity contribution >= 4 is 27.6 Å². The number of hydrogen-bond donors (Lipinski definition) is 3. The summed E-state index contributed by atoms with van der Waals surface area (Å²) in [7, 11) is -3.71. The number of aryl methyl sites for hydroxylation is 4. The van der Waals surface area contributed by atoms with Gasteiger partial charge in [0.15, 0.2) is 0 Å². The zero-order valence-electron chi connectivity index (χ0n) is 23.0. The molecule has 0 aliphatic heterocycles. The quantitative estimate of drug-likeness (QED) is 0.272. The molecule has 0 spiro atoms. The smallest absolute Gasteiger partial charge is 0.475 e. The molecule has 3 aromatic carbocycles. The topological polar surface area (TPSA) is 113 Å². The van der Waals surface area contributed by atoms with Gasteiger partial charge in [-0.05, 0) is 80.8 Å². The lowest BCUT2D eigenvalue weighted by Crippen LogP contribution is -2.35. The second kappa shape index (κ2) is 12.8. The molecule has 0 unspecified atom stereocenters. The number of rotatable bonds is 9. The fraction of sp³-hybridized carbons (Fsp3) is 0.333. The molecule has 0 heterocycles. The van der Waals surface area contributed by atoms with Gasteiger partial charge in [-0.2, -0.15) is 13.2 Å². The zero-order chi connectivity index (χ0) is 30.4. The van der Waals surface area contributed by atoms with Gasteiger partial charge in [0.1, 0.15) is 0 Å². The van der Waals surface area contributed by atoms with E-state index in [2.05, 4.69) is 22.2 Å². The maximum atomic E-state index is 13.0. The lowest BCUT2D eigenvalue weighted by Gasteiger charge is -2.17. The standard InChI is InChI=1S/C28H32N2O3S.C2HF3O2/c1-20-18-21(2)26(22(3)19-20)34(32,33)30-25-13-11-24(12-14-25)28(15-16-28)27(31)29-17-7-10-23-8-5-4-6-9-23;3-2(4,5)1(6)7/h4-6,8-9,11-14,18-19,30H,7,10,15-17H2,1-3H3,(H,29,31);(H,6,7). The van der Waals surface area contributed by atoms with E-state index in [-0.39, 0.29) is 5.91 Å². The van der Waals surface area contributed by atoms with Crippen LogP contribution in [0.1, 0.15) is 47.1 Å². The SMILES string of the molecule is Cc1cc(C)c(S(=O)(=O)Nc2ccc(C3(C(=O)NCCCc4ccccc4)CC3)cc2)c(C)c1.O=C(O)C(F)(F)F. The van der Waals surface area contributed by atoms with Crippen molar-refractivity contribution in [3.05, 3.63) is 94.5 Å². The number of alkyl halides is 3. The largest absolute Gasteiger partial charge is 0.490 e. The third kappa shape index (κ3) is 8.32. The Balaban J connectivity index is 0.000000587. The molecule has 3 N–H and O–H groups in total. The maximum absolute atomic E-state index is 13.0. The van der Waals surface area contributed by atoms with Crippen LogP contribution < -0.4 is 10.0 Å². The van der Waals surface area contributed by atoms with Crippen LogP contribution in [0.5, 0.6) is 0 Å². The number of carboxylic acid groups (broad SMARTS) is 1. The first-order valence-electron chi connectivity index (χ1n) is 13.0. The Kier molecular flexibility index (Phi) is 9.85. The number of carboxylic acids is 1. The Morgan fingerprint density at radius 1 is 0.927 bits per heavy atom. The molecule has 4 rings (SSSR count). The van der Waals surface area contributed by atoms with E-state index < -0.39 is 27.6 Å². The lowest BCUT2D eigenvalue weighted by atomic mass is 9.94. The number of nitrogens with one attached hydrogen (secondary N) is 2. The van der Waals surface area contributed by atoms with Crippen LogP contribution in [0.15, 0.2) is 71.6 Å². The van der Waals surface area contributed by atoms with Crippen molar-refractivity contribution in [2.24, 2.45) is 0 Å². The number of benzene rings is 3. The van der Waals surface area contributed by atoms with Gasteiger partial charge in [0.2, 0.25) is 5.91 Å². The van der Waals surface area contributed by atoms with E-state index in [0.717, 1.165) is 47.9 Å². The molecular weight excluding hydrogens is 557 g/mol. The van der Waals surface area contributed by atoms with Crippen molar-refractivity contribution in [3.8, 4) is 0 Å². The Morgan fingerprint density at radius 3 is 1.95 bits per heavy atom. The molecular formula is C30H33F3N2O5S. The first kappa shape index (κ1) is 31.7. The summed E-state index contributed by atoms with van der Waals surface area (Å²) in [5.41, 5.74) is 4.68. The van der Waals surface area contributed by atoms with E-state index >= 15 is 0 Å². The first-order chi connectivity index (χ1) is 19.2. The Labute approximate surface area is 237 Å². The van der Waals surface area contributed by atoms with Crippen molar-refractivity contribution in [2.45, 2.75) is 62.9 Å². The molecule has 1 aliphatic rings. The van der Waals surface area contributed by atoms with Crippen LogP contribution in [0.4, 0.5) is 18.9 Å². The van der Waals surface area contributed by atoms with Gasteiger partial charge in [0, 0.05) is 12.2 Å². The summed E-state index contributed by atoms with van der Waals surface area (Å²) in [4.78, 5) is 22.1. The number of sulfonamides is 1. The van der Waals surface area contributed by atoms with E-state index in [0.29, 0.717) is 17.1 Å². The van der Waals surface area contributed by atoms with Gasteiger partial charge in [-0.3, -0.25) is 9.52 Å². The first-order valence-corrected chi connectivity index (χ1v) is 14.5. The molecule has 0 aromatic heterocycles. The third-order valence-corrected chi connectivity index (χ3v) is 8.45. The molecule has 1 fully saturated rings. The van der Waals surface area contributed by atoms with Crippen molar-refractivity contribution in [1.29, 1.82) is 0 Å². The van der Waals surface area contributed by atoms with Gasteiger partial charge in [-0.25, -0.2) is 13.2 Å². The van der Waals surface area contributed by atoms with Gasteiger partial charge in [0.25, 0.3) is 10.0 Å². The van der Waals surface area contributed by atoms with Crippen LogP contribution in [-0.2, 0) is 31.4 Å². The normalized spacial score (nSPS) is 13.9. The monoisotopic (exact) mass is 590 g/mol. The van der Waals surface area contributed by atoms with Gasteiger partial charge in [0.05, 0.1) is 10.3 Å². The molecule has 0 bridgehead atoms. The molecule has 3 aromatic rings. The van der Waals surface area contributed by atoms with E-state index in [1.54, 1.807) is 12.1 Å². The molecule has 1 amide bonds. The molecule has 0 radical (unpaired) electrons. The number of aliphatic carboxylic acids is 1. The minimum atomic E-state index is -5.08. The minimum absolute atomic E-state index is 0.0554. The number of halogens is 3. The van der Waals surface area contributed by atoms with Crippen LogP contribution in [0, 0.1) is 20.8 Å². The molecule has 1 saturated carbocycles. The van der Waals surface area contributed by atoms with Gasteiger partial charge >= 0.3 is 12.1 Å². The number of carbonyl (C=O) groups excluding carboxylic acids is 1. The Bertz CT molecular complexity index is 1460. The molecule has 41 heavy (non-hydrogen) atoms. The Morgan fingerprint density at radius 2 is 1.46 bits per heavy atom. The summed E-state index contributed by atoms with van der Waals surface area (Å²) in [5.74, 6) is -2.70. The average Bonchev–Trinajstić information content (AvgIpc) is 3.68. The fourth-order valence-corrected chi connectivity index (χ4v) is 6.25. The third-order valence-electron chi connectivity index (χ3n) is 6.76. The average molecular weight is 591 g/mol. The predicted octanol–water partition coefficient (Wildman–Crippen LogP) is 5.83. The van der Waals surface area contributed by atoms with Crippen LogP contribution in [0.2, 0.25) is 0 Å². The number of anilines is 1. The van der Waals surface area contributed by atoms with E-state index in [9.17, 15) is 26.4 Å². The summed E-state index contributed by atoms with van der Waals surface area (Å²) in [6.45, 7) is 6.22. The number of hydrogen-bond acceptors (Lipinski definition) is 4. The highest BCUT2D eigenvalue weighted by Gasteiger charge is 2.51. The van der Waals surface area contributed by atoms with Crippen LogP contribution in [0.3, 0.4) is 0 Å². The molecule has 1 aliphatic carbocycles. The summed E-state index contributed by atoms with van der Waals surface area (Å²) in [6, 6.07) is 21.2. The van der Waals surface area contributed by atoms with E-state index in [1.807, 2.05) is 63.2 Å². The molecule has 0 atom stereocenters. The Hall–Kier alpha value is -3.86. The van der Waals surface area contributed by atoms with E-state index in [4.69, 9.17) is 9.90 Å². The van der Waals surface area contributed by atoms with Crippen molar-refractivity contribution in [3.63, 3.8) is 0 Å². The summed E-state index contributed by atoms with van der Waals surface area (Å²) >= 11 is 0. The highest BCUT2D eigenvalue weighted by molar-refractivity contribution is 7.92. The second-order valence-electron chi connectivity index (χ2n) is 10.1. The summed E-state index contributed by atoms with van der Waals surface area (Å²) in [6.07, 6.45) is -1.64. The fourth-order valence-electron chi connectivity index (χ4n) is 4.73. The van der Waals surface area contributed by atoms with Crippen molar-refractivity contribution in [2.75, 3.05) is 11.3 Å². The van der Waals surface area contributed by atoms with Crippen LogP contribution in [0.25, 0.3) is 0 Å².